The largest absolute Gasteiger partial charge is 0.159 e. The molecule has 0 saturated carbocycles. The summed E-state index contributed by atoms with van der Waals surface area (Å²) >= 11 is 13.1. The Morgan fingerprint density at radius 2 is 1.63 bits per heavy atom. The molecule has 0 bridgehead atoms. The van der Waals surface area contributed by atoms with Crippen LogP contribution >= 0.6 is 43.5 Å². The highest BCUT2D eigenvalue weighted by Gasteiger charge is 2.12. The molecule has 5 heteroatoms. The molecule has 3 rings (SSSR count). The first-order chi connectivity index (χ1) is 9.16. The first-order valence-corrected chi connectivity index (χ1v) is 7.49. The molecule has 94 valence electrons. The maximum atomic E-state index is 6.09. The van der Waals surface area contributed by atoms with Gasteiger partial charge in [-0.1, -0.05) is 67.7 Å². The third kappa shape index (κ3) is 2.40. The van der Waals surface area contributed by atoms with Gasteiger partial charge in [-0.05, 0) is 18.2 Å². The van der Waals surface area contributed by atoms with Crippen LogP contribution in [-0.2, 0) is 0 Å². The van der Waals surface area contributed by atoms with Gasteiger partial charge in [0.1, 0.15) is 5.69 Å². The summed E-state index contributed by atoms with van der Waals surface area (Å²) in [6, 6.07) is 13.8. The lowest BCUT2D eigenvalue weighted by molar-refractivity contribution is 1.06. The summed E-state index contributed by atoms with van der Waals surface area (Å²) in [5.41, 5.74) is 1.79. The van der Waals surface area contributed by atoms with E-state index < -0.39 is 0 Å². The summed E-state index contributed by atoms with van der Waals surface area (Å²) in [6.07, 6.45) is 0. The average Bonchev–Trinajstić information content (AvgIpc) is 2.43. The first-order valence-electron chi connectivity index (χ1n) is 5.53. The molecule has 3 aromatic rings. The Balaban J connectivity index is 2.37. The van der Waals surface area contributed by atoms with Gasteiger partial charge in [0.15, 0.2) is 5.15 Å². The third-order valence-corrected chi connectivity index (χ3v) is 4.29. The zero-order valence-corrected chi connectivity index (χ0v) is 13.5. The van der Waals surface area contributed by atoms with Crippen molar-refractivity contribution in [2.75, 3.05) is 0 Å². The first kappa shape index (κ1) is 13.0. The fourth-order valence-corrected chi connectivity index (χ4v) is 2.95. The van der Waals surface area contributed by atoms with Crippen molar-refractivity contribution in [1.29, 1.82) is 0 Å². The highest BCUT2D eigenvalue weighted by atomic mass is 79.9. The van der Waals surface area contributed by atoms with Crippen LogP contribution in [0.5, 0.6) is 0 Å². The second-order valence-electron chi connectivity index (χ2n) is 4.01. The number of aromatic nitrogens is 2. The molecule has 0 N–H and O–H groups in total. The quantitative estimate of drug-likeness (QED) is 0.543. The molecule has 0 amide bonds. The van der Waals surface area contributed by atoms with Gasteiger partial charge < -0.3 is 0 Å². The van der Waals surface area contributed by atoms with Crippen LogP contribution in [0.2, 0.25) is 5.15 Å². The summed E-state index contributed by atoms with van der Waals surface area (Å²) in [5.74, 6) is 0. The van der Waals surface area contributed by atoms with Crippen molar-refractivity contribution < 1.29 is 0 Å². The molecule has 0 radical (unpaired) electrons. The van der Waals surface area contributed by atoms with Gasteiger partial charge in [-0.2, -0.15) is 0 Å². The van der Waals surface area contributed by atoms with E-state index in [0.29, 0.717) is 5.15 Å². The van der Waals surface area contributed by atoms with Crippen LogP contribution in [0, 0.1) is 0 Å². The molecule has 0 fully saturated rings. The summed E-state index contributed by atoms with van der Waals surface area (Å²) in [7, 11) is 0. The molecule has 2 aromatic carbocycles. The predicted octanol–water partition coefficient (Wildman–Crippen LogP) is 5.48. The van der Waals surface area contributed by atoms with Crippen LogP contribution in [0.15, 0.2) is 51.4 Å². The summed E-state index contributed by atoms with van der Waals surface area (Å²) in [5, 5.41) is 10.6. The standard InChI is InChI=1S/C14H7Br2ClN2/c15-8-5-6-12(16)11(7-8)13-9-3-1-2-4-10(9)14(17)19-18-13/h1-7H. The van der Waals surface area contributed by atoms with Gasteiger partial charge in [0.25, 0.3) is 0 Å². The zero-order chi connectivity index (χ0) is 13.4. The van der Waals surface area contributed by atoms with Gasteiger partial charge in [-0.15, -0.1) is 10.2 Å². The van der Waals surface area contributed by atoms with Gasteiger partial charge in [-0.3, -0.25) is 0 Å². The Bertz CT molecular complexity index is 774. The average molecular weight is 398 g/mol. The van der Waals surface area contributed by atoms with Gasteiger partial charge in [0.05, 0.1) is 0 Å². The van der Waals surface area contributed by atoms with E-state index in [2.05, 4.69) is 42.1 Å². The van der Waals surface area contributed by atoms with E-state index in [0.717, 1.165) is 31.0 Å². The summed E-state index contributed by atoms with van der Waals surface area (Å²) < 4.78 is 1.96. The van der Waals surface area contributed by atoms with E-state index in [4.69, 9.17) is 11.6 Å². The molecule has 0 unspecified atom stereocenters. The van der Waals surface area contributed by atoms with Gasteiger partial charge in [0, 0.05) is 25.3 Å². The SMILES string of the molecule is Clc1nnc(-c2cc(Br)ccc2Br)c2ccccc12. The third-order valence-electron chi connectivity index (χ3n) is 2.83. The fraction of sp³-hybridized carbons (Fsp3) is 0. The minimum absolute atomic E-state index is 0.422. The minimum atomic E-state index is 0.422. The van der Waals surface area contributed by atoms with E-state index >= 15 is 0 Å². The van der Waals surface area contributed by atoms with Crippen molar-refractivity contribution in [3.05, 3.63) is 56.6 Å². The van der Waals surface area contributed by atoms with E-state index in [1.807, 2.05) is 42.5 Å². The lowest BCUT2D eigenvalue weighted by Gasteiger charge is -2.08. The Morgan fingerprint density at radius 3 is 2.42 bits per heavy atom. The van der Waals surface area contributed by atoms with Crippen molar-refractivity contribution in [1.82, 2.24) is 10.2 Å². The monoisotopic (exact) mass is 396 g/mol. The van der Waals surface area contributed by atoms with Crippen molar-refractivity contribution in [2.45, 2.75) is 0 Å². The number of rotatable bonds is 1. The predicted molar refractivity (Wildman–Crippen MR) is 85.4 cm³/mol. The second kappa shape index (κ2) is 5.19. The fourth-order valence-electron chi connectivity index (χ4n) is 1.95. The highest BCUT2D eigenvalue weighted by molar-refractivity contribution is 9.11. The van der Waals surface area contributed by atoms with Crippen LogP contribution in [0.3, 0.4) is 0 Å². The van der Waals surface area contributed by atoms with Crippen molar-refractivity contribution in [3.8, 4) is 11.3 Å². The zero-order valence-electron chi connectivity index (χ0n) is 9.57. The maximum Gasteiger partial charge on any atom is 0.159 e. The normalized spacial score (nSPS) is 10.9. The van der Waals surface area contributed by atoms with Crippen LogP contribution in [-0.4, -0.2) is 10.2 Å². The van der Waals surface area contributed by atoms with Crippen LogP contribution in [0.1, 0.15) is 0 Å². The molecule has 19 heavy (non-hydrogen) atoms. The number of nitrogens with zero attached hydrogens (tertiary/aromatic N) is 2. The number of halogens is 3. The molecule has 0 aliphatic carbocycles. The summed E-state index contributed by atoms with van der Waals surface area (Å²) in [4.78, 5) is 0. The second-order valence-corrected chi connectivity index (χ2v) is 6.14. The van der Waals surface area contributed by atoms with Crippen LogP contribution in [0.4, 0.5) is 0 Å². The maximum absolute atomic E-state index is 6.09. The van der Waals surface area contributed by atoms with E-state index in [9.17, 15) is 0 Å². The highest BCUT2D eigenvalue weighted by Crippen LogP contribution is 2.35. The smallest absolute Gasteiger partial charge is 0.148 e. The lowest BCUT2D eigenvalue weighted by atomic mass is 10.1. The topological polar surface area (TPSA) is 25.8 Å². The van der Waals surface area contributed by atoms with Gasteiger partial charge in [-0.25, -0.2) is 0 Å². The van der Waals surface area contributed by atoms with Crippen molar-refractivity contribution >= 4 is 54.2 Å². The Kier molecular flexibility index (Phi) is 3.56. The number of benzene rings is 2. The molecular formula is C14H7Br2ClN2. The number of hydrogen-bond donors (Lipinski definition) is 0. The number of hydrogen-bond acceptors (Lipinski definition) is 2. The van der Waals surface area contributed by atoms with E-state index in [-0.39, 0.29) is 0 Å². The molecule has 2 nitrogen and oxygen atoms in total. The number of fused-ring (bicyclic) bond motifs is 1. The molecule has 0 saturated heterocycles. The van der Waals surface area contributed by atoms with Crippen molar-refractivity contribution in [2.24, 2.45) is 0 Å². The molecule has 1 aromatic heterocycles. The molecule has 0 spiro atoms. The molecule has 0 atom stereocenters. The summed E-state index contributed by atoms with van der Waals surface area (Å²) in [6.45, 7) is 0. The van der Waals surface area contributed by atoms with Crippen LogP contribution in [0.25, 0.3) is 22.0 Å². The van der Waals surface area contributed by atoms with Gasteiger partial charge in [0.2, 0.25) is 0 Å². The Labute approximate surface area is 132 Å². The lowest BCUT2D eigenvalue weighted by Crippen LogP contribution is -1.92. The Morgan fingerprint density at radius 1 is 0.895 bits per heavy atom. The van der Waals surface area contributed by atoms with Crippen LogP contribution < -0.4 is 0 Å². The molecule has 0 aliphatic heterocycles. The van der Waals surface area contributed by atoms with Gasteiger partial charge >= 0.3 is 0 Å². The minimum Gasteiger partial charge on any atom is -0.148 e. The van der Waals surface area contributed by atoms with E-state index in [1.54, 1.807) is 0 Å². The van der Waals surface area contributed by atoms with E-state index in [1.165, 1.54) is 0 Å². The molecular weight excluding hydrogens is 391 g/mol. The molecule has 0 aliphatic rings. The Hall–Kier alpha value is -0.970. The van der Waals surface area contributed by atoms with Crippen molar-refractivity contribution in [3.63, 3.8) is 0 Å². The molecule has 1 heterocycles.